The molecule has 184 valence electrons. The number of sulfonamides is 1. The van der Waals surface area contributed by atoms with Crippen LogP contribution in [0.1, 0.15) is 50.7 Å². The average molecular weight is 506 g/mol. The molecule has 0 saturated heterocycles. The number of benzene rings is 2. The largest absolute Gasteiger partial charge is 0.354 e. The molecule has 34 heavy (non-hydrogen) atoms. The molecule has 3 rings (SSSR count). The van der Waals surface area contributed by atoms with Gasteiger partial charge >= 0.3 is 0 Å². The molecule has 1 atom stereocenters. The summed E-state index contributed by atoms with van der Waals surface area (Å²) in [5.41, 5.74) is 1.74. The van der Waals surface area contributed by atoms with Gasteiger partial charge in [-0.15, -0.1) is 0 Å². The second-order valence-corrected chi connectivity index (χ2v) is 10.8. The third-order valence-corrected chi connectivity index (χ3v) is 7.53. The summed E-state index contributed by atoms with van der Waals surface area (Å²) in [5, 5.41) is 3.46. The van der Waals surface area contributed by atoms with E-state index in [9.17, 15) is 18.0 Å². The zero-order chi connectivity index (χ0) is 24.7. The average Bonchev–Trinajstić information content (AvgIpc) is 3.63. The summed E-state index contributed by atoms with van der Waals surface area (Å²) in [4.78, 5) is 27.6. The van der Waals surface area contributed by atoms with E-state index >= 15 is 0 Å². The van der Waals surface area contributed by atoms with Crippen molar-refractivity contribution in [1.29, 1.82) is 0 Å². The molecule has 1 saturated carbocycles. The van der Waals surface area contributed by atoms with Crippen LogP contribution in [0.3, 0.4) is 0 Å². The molecule has 2 N–H and O–H groups in total. The van der Waals surface area contributed by atoms with Crippen LogP contribution in [0, 0.1) is 0 Å². The first-order valence-electron chi connectivity index (χ1n) is 11.6. The second kappa shape index (κ2) is 11.8. The van der Waals surface area contributed by atoms with Crippen molar-refractivity contribution in [3.8, 4) is 0 Å². The number of hydrogen-bond acceptors (Lipinski definition) is 4. The van der Waals surface area contributed by atoms with Crippen LogP contribution in [0.5, 0.6) is 0 Å². The van der Waals surface area contributed by atoms with Crippen molar-refractivity contribution >= 4 is 33.4 Å². The third kappa shape index (κ3) is 7.55. The summed E-state index contributed by atoms with van der Waals surface area (Å²) in [7, 11) is -3.50. The molecular formula is C25H32ClN3O4S. The van der Waals surface area contributed by atoms with Gasteiger partial charge in [0.25, 0.3) is 0 Å². The Morgan fingerprint density at radius 2 is 1.68 bits per heavy atom. The molecule has 2 amide bonds. The third-order valence-electron chi connectivity index (χ3n) is 5.74. The number of rotatable bonds is 12. The van der Waals surface area contributed by atoms with Crippen LogP contribution < -0.4 is 10.0 Å². The minimum Gasteiger partial charge on any atom is -0.354 e. The molecule has 1 aliphatic rings. The summed E-state index contributed by atoms with van der Waals surface area (Å²) < 4.78 is 27.3. The molecule has 0 bridgehead atoms. The molecule has 0 unspecified atom stereocenters. The number of amides is 2. The highest BCUT2D eigenvalue weighted by molar-refractivity contribution is 7.89. The highest BCUT2D eigenvalue weighted by atomic mass is 35.5. The topological polar surface area (TPSA) is 95.6 Å². The van der Waals surface area contributed by atoms with Crippen molar-refractivity contribution in [2.75, 3.05) is 6.54 Å². The van der Waals surface area contributed by atoms with Gasteiger partial charge in [0.05, 0.1) is 4.90 Å². The Bertz CT molecular complexity index is 1080. The molecule has 9 heteroatoms. The van der Waals surface area contributed by atoms with Gasteiger partial charge in [-0.1, -0.05) is 42.8 Å². The molecule has 0 spiro atoms. The lowest BCUT2D eigenvalue weighted by molar-refractivity contribution is -0.140. The maximum atomic E-state index is 13.2. The van der Waals surface area contributed by atoms with Gasteiger partial charge in [0, 0.05) is 30.6 Å². The van der Waals surface area contributed by atoms with E-state index in [4.69, 9.17) is 11.6 Å². The molecule has 0 aromatic heterocycles. The van der Waals surface area contributed by atoms with E-state index < -0.39 is 16.1 Å². The zero-order valence-electron chi connectivity index (χ0n) is 19.6. The summed E-state index contributed by atoms with van der Waals surface area (Å²) in [6.07, 6.45) is 3.20. The molecule has 2 aromatic rings. The van der Waals surface area contributed by atoms with E-state index in [1.165, 1.54) is 0 Å². The van der Waals surface area contributed by atoms with E-state index in [1.54, 1.807) is 48.2 Å². The summed E-state index contributed by atoms with van der Waals surface area (Å²) in [6, 6.07) is 13.2. The number of halogens is 1. The fraction of sp³-hybridized carbons (Fsp3) is 0.440. The summed E-state index contributed by atoms with van der Waals surface area (Å²) in [5.74, 6) is -0.344. The molecular weight excluding hydrogens is 474 g/mol. The predicted molar refractivity (Wildman–Crippen MR) is 133 cm³/mol. The Morgan fingerprint density at radius 3 is 2.26 bits per heavy atom. The van der Waals surface area contributed by atoms with Crippen LogP contribution in [-0.2, 0) is 32.6 Å². The first-order chi connectivity index (χ1) is 16.2. The fourth-order valence-electron chi connectivity index (χ4n) is 3.48. The van der Waals surface area contributed by atoms with Gasteiger partial charge in [-0.05, 0) is 68.0 Å². The lowest BCUT2D eigenvalue weighted by Gasteiger charge is -2.29. The van der Waals surface area contributed by atoms with E-state index in [0.717, 1.165) is 30.4 Å². The van der Waals surface area contributed by atoms with Crippen molar-refractivity contribution in [1.82, 2.24) is 14.9 Å². The smallest absolute Gasteiger partial charge is 0.242 e. The summed E-state index contributed by atoms with van der Waals surface area (Å²) >= 11 is 5.98. The molecule has 2 aromatic carbocycles. The minimum atomic E-state index is -3.50. The maximum Gasteiger partial charge on any atom is 0.242 e. The number of carbonyl (C=O) groups excluding carboxylic acids is 2. The fourth-order valence-corrected chi connectivity index (χ4v) is 4.91. The van der Waals surface area contributed by atoms with E-state index in [0.29, 0.717) is 24.5 Å². The van der Waals surface area contributed by atoms with E-state index in [1.807, 2.05) is 19.1 Å². The number of nitrogens with one attached hydrogen (secondary N) is 2. The Labute approximate surface area is 206 Å². The van der Waals surface area contributed by atoms with Crippen LogP contribution in [0.4, 0.5) is 0 Å². The van der Waals surface area contributed by atoms with Gasteiger partial charge in [-0.25, -0.2) is 13.1 Å². The van der Waals surface area contributed by atoms with Crippen molar-refractivity contribution < 1.29 is 18.0 Å². The monoisotopic (exact) mass is 505 g/mol. The Balaban J connectivity index is 1.66. The lowest BCUT2D eigenvalue weighted by atomic mass is 10.1. The molecule has 1 fully saturated rings. The Hall–Kier alpha value is -2.42. The number of hydrogen-bond donors (Lipinski definition) is 2. The normalized spacial score (nSPS) is 14.4. The Kier molecular flexibility index (Phi) is 9.10. The summed E-state index contributed by atoms with van der Waals surface area (Å²) in [6.45, 7) is 4.54. The highest BCUT2D eigenvalue weighted by Crippen LogP contribution is 2.22. The van der Waals surface area contributed by atoms with Crippen molar-refractivity contribution in [2.45, 2.75) is 69.5 Å². The van der Waals surface area contributed by atoms with Crippen molar-refractivity contribution in [2.24, 2.45) is 0 Å². The van der Waals surface area contributed by atoms with Gasteiger partial charge < -0.3 is 10.2 Å². The number of nitrogens with zero attached hydrogens (tertiary/aromatic N) is 1. The van der Waals surface area contributed by atoms with Crippen LogP contribution in [0.15, 0.2) is 53.4 Å². The Morgan fingerprint density at radius 1 is 1.06 bits per heavy atom. The lowest BCUT2D eigenvalue weighted by Crippen LogP contribution is -2.47. The van der Waals surface area contributed by atoms with Gasteiger partial charge in [-0.3, -0.25) is 9.59 Å². The van der Waals surface area contributed by atoms with Gasteiger partial charge in [-0.2, -0.15) is 0 Å². The first-order valence-corrected chi connectivity index (χ1v) is 13.5. The van der Waals surface area contributed by atoms with E-state index in [-0.39, 0.29) is 29.2 Å². The minimum absolute atomic E-state index is 0.0467. The standard InChI is InChI=1S/C25H32ClN3O4S/c1-3-16-27-25(31)18(2)29(17-20-4-9-21(26)10-5-20)24(30)15-8-19-6-13-23(14-7-19)34(32,33)28-22-11-12-22/h4-7,9-10,13-14,18,22,28H,3,8,11-12,15-17H2,1-2H3,(H,27,31)/t18-/m1/s1. The quantitative estimate of drug-likeness (QED) is 0.460. The van der Waals surface area contributed by atoms with Crippen LogP contribution in [0.25, 0.3) is 0 Å². The van der Waals surface area contributed by atoms with Crippen LogP contribution >= 0.6 is 11.6 Å². The molecule has 7 nitrogen and oxygen atoms in total. The van der Waals surface area contributed by atoms with Crippen molar-refractivity contribution in [3.05, 3.63) is 64.7 Å². The number of carbonyl (C=O) groups is 2. The van der Waals surface area contributed by atoms with Crippen molar-refractivity contribution in [3.63, 3.8) is 0 Å². The molecule has 1 aliphatic carbocycles. The molecule has 0 radical (unpaired) electrons. The predicted octanol–water partition coefficient (Wildman–Crippen LogP) is 3.66. The number of aryl methyl sites for hydroxylation is 1. The first kappa shape index (κ1) is 26.2. The van der Waals surface area contributed by atoms with Gasteiger partial charge in [0.1, 0.15) is 6.04 Å². The van der Waals surface area contributed by atoms with Crippen LogP contribution in [-0.4, -0.2) is 43.8 Å². The highest BCUT2D eigenvalue weighted by Gasteiger charge is 2.28. The SMILES string of the molecule is CCCNC(=O)[C@@H](C)N(Cc1ccc(Cl)cc1)C(=O)CCc1ccc(S(=O)(=O)NC2CC2)cc1. The molecule has 0 aliphatic heterocycles. The van der Waals surface area contributed by atoms with E-state index in [2.05, 4.69) is 10.0 Å². The molecule has 0 heterocycles. The second-order valence-electron chi connectivity index (χ2n) is 8.65. The van der Waals surface area contributed by atoms with Gasteiger partial charge in [0.15, 0.2) is 0 Å². The van der Waals surface area contributed by atoms with Gasteiger partial charge in [0.2, 0.25) is 21.8 Å². The van der Waals surface area contributed by atoms with Crippen LogP contribution in [0.2, 0.25) is 5.02 Å². The zero-order valence-corrected chi connectivity index (χ0v) is 21.2. The maximum absolute atomic E-state index is 13.2.